The maximum Gasteiger partial charge on any atom is 0.264 e. The van der Waals surface area contributed by atoms with Gasteiger partial charge < -0.3 is 10.6 Å². The van der Waals surface area contributed by atoms with Crippen molar-refractivity contribution in [2.75, 3.05) is 31.9 Å². The first-order valence-corrected chi connectivity index (χ1v) is 5.54. The zero-order chi connectivity index (χ0) is 9.45. The molecular weight excluding hydrogens is 180 g/mol. The highest BCUT2D eigenvalue weighted by atomic mass is 32.2. The fourth-order valence-corrected chi connectivity index (χ4v) is 0.604. The number of piperazine rings is 1. The third-order valence-electron chi connectivity index (χ3n) is 1.32. The van der Waals surface area contributed by atoms with Crippen molar-refractivity contribution in [2.45, 2.75) is 6.92 Å². The van der Waals surface area contributed by atoms with Gasteiger partial charge in [0, 0.05) is 26.2 Å². The van der Waals surface area contributed by atoms with Crippen molar-refractivity contribution in [3.05, 3.63) is 0 Å². The Balaban J connectivity index is 0.000000202. The van der Waals surface area contributed by atoms with Crippen LogP contribution in [-0.2, 0) is 10.1 Å². The van der Waals surface area contributed by atoms with Crippen molar-refractivity contribution in [1.82, 2.24) is 10.6 Å². The maximum atomic E-state index is 9.56. The number of hydrogen-bond donors (Lipinski definition) is 3. The summed E-state index contributed by atoms with van der Waals surface area (Å²) >= 11 is 0. The minimum absolute atomic E-state index is 0.201. The molecule has 0 saturated carbocycles. The second kappa shape index (κ2) is 6.36. The average Bonchev–Trinajstić information content (AvgIpc) is 2.07. The van der Waals surface area contributed by atoms with Gasteiger partial charge >= 0.3 is 0 Å². The van der Waals surface area contributed by atoms with E-state index in [4.69, 9.17) is 4.55 Å². The quantitative estimate of drug-likeness (QED) is 0.472. The van der Waals surface area contributed by atoms with Gasteiger partial charge in [0.15, 0.2) is 0 Å². The van der Waals surface area contributed by atoms with Crippen molar-refractivity contribution in [1.29, 1.82) is 0 Å². The molecule has 0 unspecified atom stereocenters. The Hall–Kier alpha value is -0.170. The standard InChI is InChI=1S/C4H10N2.C2H6O3S/c1-2-6-4-3-5-1;1-2-6(3,4)5/h5-6H,1-4H2;2H2,1H3,(H,3,4,5). The Kier molecular flexibility index (Phi) is 6.27. The van der Waals surface area contributed by atoms with E-state index in [9.17, 15) is 8.42 Å². The monoisotopic (exact) mass is 196 g/mol. The van der Waals surface area contributed by atoms with E-state index in [2.05, 4.69) is 10.6 Å². The molecule has 74 valence electrons. The van der Waals surface area contributed by atoms with E-state index in [1.165, 1.54) is 6.92 Å². The van der Waals surface area contributed by atoms with Crippen LogP contribution in [0.25, 0.3) is 0 Å². The number of rotatable bonds is 1. The van der Waals surface area contributed by atoms with E-state index in [0.29, 0.717) is 0 Å². The van der Waals surface area contributed by atoms with Crippen LogP contribution in [0.5, 0.6) is 0 Å². The molecule has 0 atom stereocenters. The van der Waals surface area contributed by atoms with E-state index in [1.807, 2.05) is 0 Å². The van der Waals surface area contributed by atoms with Crippen LogP contribution in [0.15, 0.2) is 0 Å². The third-order valence-corrected chi connectivity index (χ3v) is 2.05. The maximum absolute atomic E-state index is 9.56. The molecule has 1 heterocycles. The summed E-state index contributed by atoms with van der Waals surface area (Å²) in [6, 6.07) is 0. The van der Waals surface area contributed by atoms with Crippen LogP contribution >= 0.6 is 0 Å². The summed E-state index contributed by atoms with van der Waals surface area (Å²) in [5.41, 5.74) is 0. The highest BCUT2D eigenvalue weighted by molar-refractivity contribution is 7.85. The third kappa shape index (κ3) is 9.83. The molecule has 0 aliphatic carbocycles. The molecule has 6 heteroatoms. The Bertz CT molecular complexity index is 175. The minimum atomic E-state index is -3.66. The molecule has 0 spiro atoms. The van der Waals surface area contributed by atoms with Crippen LogP contribution in [0.3, 0.4) is 0 Å². The molecular formula is C6H16N2O3S. The lowest BCUT2D eigenvalue weighted by atomic mass is 10.4. The summed E-state index contributed by atoms with van der Waals surface area (Å²) in [6.07, 6.45) is 0. The van der Waals surface area contributed by atoms with Crippen LogP contribution in [0.1, 0.15) is 6.92 Å². The molecule has 0 radical (unpaired) electrons. The summed E-state index contributed by atoms with van der Waals surface area (Å²) in [5.74, 6) is -0.201. The zero-order valence-electron chi connectivity index (χ0n) is 7.21. The van der Waals surface area contributed by atoms with Crippen molar-refractivity contribution >= 4 is 10.1 Å². The van der Waals surface area contributed by atoms with E-state index in [0.717, 1.165) is 26.2 Å². The summed E-state index contributed by atoms with van der Waals surface area (Å²) < 4.78 is 26.9. The molecule has 12 heavy (non-hydrogen) atoms. The van der Waals surface area contributed by atoms with Gasteiger partial charge in [0.25, 0.3) is 10.1 Å². The lowest BCUT2D eigenvalue weighted by Crippen LogP contribution is -2.39. The molecule has 1 aliphatic heterocycles. The molecule has 1 fully saturated rings. The van der Waals surface area contributed by atoms with Gasteiger partial charge in [-0.25, -0.2) is 0 Å². The lowest BCUT2D eigenvalue weighted by molar-refractivity contribution is 0.484. The van der Waals surface area contributed by atoms with Crippen molar-refractivity contribution < 1.29 is 13.0 Å². The second-order valence-corrected chi connectivity index (χ2v) is 4.11. The SMILES string of the molecule is C1CNCCN1.CCS(=O)(=O)O. The Labute approximate surface area is 73.3 Å². The minimum Gasteiger partial charge on any atom is -0.314 e. The van der Waals surface area contributed by atoms with Crippen LogP contribution in [-0.4, -0.2) is 44.9 Å². The van der Waals surface area contributed by atoms with E-state index in [1.54, 1.807) is 0 Å². The van der Waals surface area contributed by atoms with Crippen molar-refractivity contribution in [2.24, 2.45) is 0 Å². The fraction of sp³-hybridized carbons (Fsp3) is 1.00. The molecule has 3 N–H and O–H groups in total. The largest absolute Gasteiger partial charge is 0.314 e. The number of hydrogen-bond acceptors (Lipinski definition) is 4. The van der Waals surface area contributed by atoms with Crippen molar-refractivity contribution in [3.8, 4) is 0 Å². The summed E-state index contributed by atoms with van der Waals surface area (Å²) in [7, 11) is -3.66. The molecule has 1 aliphatic rings. The molecule has 1 saturated heterocycles. The summed E-state index contributed by atoms with van der Waals surface area (Å²) in [4.78, 5) is 0. The topological polar surface area (TPSA) is 78.4 Å². The molecule has 0 amide bonds. The molecule has 0 bridgehead atoms. The highest BCUT2D eigenvalue weighted by Crippen LogP contribution is 1.74. The lowest BCUT2D eigenvalue weighted by Gasteiger charge is -2.11. The number of nitrogens with one attached hydrogen (secondary N) is 2. The van der Waals surface area contributed by atoms with Gasteiger partial charge in [-0.05, 0) is 6.92 Å². The predicted molar refractivity (Wildman–Crippen MR) is 47.8 cm³/mol. The molecule has 1 rings (SSSR count). The highest BCUT2D eigenvalue weighted by Gasteiger charge is 1.93. The normalized spacial score (nSPS) is 17.8. The average molecular weight is 196 g/mol. The van der Waals surface area contributed by atoms with Crippen LogP contribution in [0.4, 0.5) is 0 Å². The molecule has 5 nitrogen and oxygen atoms in total. The van der Waals surface area contributed by atoms with Gasteiger partial charge in [0.05, 0.1) is 5.75 Å². The Morgan fingerprint density at radius 2 is 1.42 bits per heavy atom. The Morgan fingerprint density at radius 1 is 1.17 bits per heavy atom. The van der Waals surface area contributed by atoms with Gasteiger partial charge in [0.2, 0.25) is 0 Å². The van der Waals surface area contributed by atoms with Gasteiger partial charge in [0.1, 0.15) is 0 Å². The molecule has 0 aromatic carbocycles. The predicted octanol–water partition coefficient (Wildman–Crippen LogP) is -0.927. The first kappa shape index (κ1) is 11.8. The first-order valence-electron chi connectivity index (χ1n) is 3.93. The first-order chi connectivity index (χ1) is 5.56. The van der Waals surface area contributed by atoms with Gasteiger partial charge in [-0.2, -0.15) is 8.42 Å². The summed E-state index contributed by atoms with van der Waals surface area (Å²) in [6.45, 7) is 5.93. The molecule has 0 aromatic heterocycles. The van der Waals surface area contributed by atoms with Gasteiger partial charge in [-0.1, -0.05) is 0 Å². The van der Waals surface area contributed by atoms with Gasteiger partial charge in [-0.15, -0.1) is 0 Å². The second-order valence-electron chi connectivity index (χ2n) is 2.37. The smallest absolute Gasteiger partial charge is 0.264 e. The summed E-state index contributed by atoms with van der Waals surface area (Å²) in [5, 5.41) is 6.44. The van der Waals surface area contributed by atoms with Crippen molar-refractivity contribution in [3.63, 3.8) is 0 Å². The van der Waals surface area contributed by atoms with E-state index >= 15 is 0 Å². The Morgan fingerprint density at radius 3 is 1.50 bits per heavy atom. The van der Waals surface area contributed by atoms with E-state index in [-0.39, 0.29) is 5.75 Å². The van der Waals surface area contributed by atoms with Crippen LogP contribution < -0.4 is 10.6 Å². The van der Waals surface area contributed by atoms with Crippen LogP contribution in [0.2, 0.25) is 0 Å². The van der Waals surface area contributed by atoms with Crippen LogP contribution in [0, 0.1) is 0 Å². The zero-order valence-corrected chi connectivity index (χ0v) is 8.02. The van der Waals surface area contributed by atoms with Gasteiger partial charge in [-0.3, -0.25) is 4.55 Å². The fourth-order valence-electron chi connectivity index (χ4n) is 0.604. The van der Waals surface area contributed by atoms with E-state index < -0.39 is 10.1 Å². The molecule has 0 aromatic rings.